The zero-order chi connectivity index (χ0) is 15.6. The number of benzene rings is 1. The van der Waals surface area contributed by atoms with Crippen molar-refractivity contribution in [1.29, 1.82) is 0 Å². The van der Waals surface area contributed by atoms with Crippen LogP contribution in [0.4, 0.5) is 0 Å². The van der Waals surface area contributed by atoms with Gasteiger partial charge in [0.25, 0.3) is 0 Å². The number of aryl methyl sites for hydroxylation is 1. The molecule has 0 heterocycles. The normalized spacial score (nSPS) is 13.3. The first kappa shape index (κ1) is 17.8. The smallest absolute Gasteiger partial charge is 0.123 e. The molecule has 1 atom stereocenters. The van der Waals surface area contributed by atoms with Gasteiger partial charge in [-0.3, -0.25) is 0 Å². The standard InChI is InChI=1S/C20H30O/c1-4-6-8-9-16-20(3,21)17-15-19-13-11-18(12-14-19)10-7-5-2/h11-14,21H,4-10,16H2,1-3H3. The van der Waals surface area contributed by atoms with Gasteiger partial charge >= 0.3 is 0 Å². The van der Waals surface area contributed by atoms with Crippen molar-refractivity contribution in [3.8, 4) is 11.8 Å². The minimum atomic E-state index is -0.866. The van der Waals surface area contributed by atoms with Crippen LogP contribution in [-0.4, -0.2) is 10.7 Å². The van der Waals surface area contributed by atoms with Crippen molar-refractivity contribution in [3.05, 3.63) is 35.4 Å². The van der Waals surface area contributed by atoms with Crippen molar-refractivity contribution in [1.82, 2.24) is 0 Å². The SMILES string of the molecule is CCCCCCC(C)(O)C#Cc1ccc(CCCC)cc1. The van der Waals surface area contributed by atoms with Crippen LogP contribution < -0.4 is 0 Å². The van der Waals surface area contributed by atoms with Crippen LogP contribution >= 0.6 is 0 Å². The second-order valence-electron chi connectivity index (χ2n) is 6.13. The van der Waals surface area contributed by atoms with Gasteiger partial charge < -0.3 is 5.11 Å². The predicted molar refractivity (Wildman–Crippen MR) is 91.3 cm³/mol. The molecule has 1 aromatic rings. The molecule has 0 aliphatic carbocycles. The molecule has 0 aliphatic heterocycles. The zero-order valence-corrected chi connectivity index (χ0v) is 13.9. The monoisotopic (exact) mass is 286 g/mol. The lowest BCUT2D eigenvalue weighted by molar-refractivity contribution is 0.109. The van der Waals surface area contributed by atoms with Crippen molar-refractivity contribution in [2.24, 2.45) is 0 Å². The van der Waals surface area contributed by atoms with E-state index in [0.29, 0.717) is 0 Å². The fraction of sp³-hybridized carbons (Fsp3) is 0.600. The van der Waals surface area contributed by atoms with Crippen LogP contribution in [0.2, 0.25) is 0 Å². The Morgan fingerprint density at radius 3 is 2.24 bits per heavy atom. The molecule has 0 aliphatic rings. The average Bonchev–Trinajstić information content (AvgIpc) is 2.49. The highest BCUT2D eigenvalue weighted by molar-refractivity contribution is 5.37. The zero-order valence-electron chi connectivity index (χ0n) is 13.9. The van der Waals surface area contributed by atoms with E-state index in [4.69, 9.17) is 0 Å². The van der Waals surface area contributed by atoms with E-state index in [1.165, 1.54) is 37.7 Å². The summed E-state index contributed by atoms with van der Waals surface area (Å²) < 4.78 is 0. The van der Waals surface area contributed by atoms with Gasteiger partial charge in [-0.25, -0.2) is 0 Å². The lowest BCUT2D eigenvalue weighted by atomic mass is 9.98. The maximum Gasteiger partial charge on any atom is 0.123 e. The first-order valence-corrected chi connectivity index (χ1v) is 8.42. The Morgan fingerprint density at radius 2 is 1.62 bits per heavy atom. The Labute approximate surface area is 130 Å². The van der Waals surface area contributed by atoms with Gasteiger partial charge in [0.2, 0.25) is 0 Å². The van der Waals surface area contributed by atoms with Crippen LogP contribution in [0.5, 0.6) is 0 Å². The van der Waals surface area contributed by atoms with E-state index in [2.05, 4.69) is 50.0 Å². The molecule has 0 spiro atoms. The summed E-state index contributed by atoms with van der Waals surface area (Å²) in [5.74, 6) is 6.13. The van der Waals surface area contributed by atoms with E-state index in [1.54, 1.807) is 0 Å². The summed E-state index contributed by atoms with van der Waals surface area (Å²) in [5.41, 5.74) is 1.49. The minimum Gasteiger partial charge on any atom is -0.378 e. The highest BCUT2D eigenvalue weighted by Crippen LogP contribution is 2.15. The van der Waals surface area contributed by atoms with E-state index in [-0.39, 0.29) is 0 Å². The van der Waals surface area contributed by atoms with Gasteiger partial charge in [-0.15, -0.1) is 0 Å². The molecule has 0 amide bonds. The van der Waals surface area contributed by atoms with Gasteiger partial charge in [0, 0.05) is 5.56 Å². The molecule has 1 aromatic carbocycles. The van der Waals surface area contributed by atoms with E-state index < -0.39 is 5.60 Å². The molecule has 1 heteroatoms. The molecule has 1 rings (SSSR count). The van der Waals surface area contributed by atoms with E-state index in [9.17, 15) is 5.11 Å². The minimum absolute atomic E-state index is 0.759. The quantitative estimate of drug-likeness (QED) is 0.520. The largest absolute Gasteiger partial charge is 0.378 e. The lowest BCUT2D eigenvalue weighted by Gasteiger charge is -2.15. The molecule has 21 heavy (non-hydrogen) atoms. The van der Waals surface area contributed by atoms with Crippen molar-refractivity contribution in [2.45, 2.75) is 77.7 Å². The Kier molecular flexibility index (Phi) is 8.16. The van der Waals surface area contributed by atoms with Gasteiger partial charge in [0.15, 0.2) is 0 Å². The molecule has 0 saturated heterocycles. The molecule has 1 nitrogen and oxygen atoms in total. The van der Waals surface area contributed by atoms with Crippen LogP contribution in [0, 0.1) is 11.8 Å². The van der Waals surface area contributed by atoms with Crippen LogP contribution in [0.25, 0.3) is 0 Å². The molecule has 1 N–H and O–H groups in total. The van der Waals surface area contributed by atoms with Crippen LogP contribution in [0.3, 0.4) is 0 Å². The van der Waals surface area contributed by atoms with Gasteiger partial charge in [0.05, 0.1) is 0 Å². The van der Waals surface area contributed by atoms with Gasteiger partial charge in [-0.05, 0) is 50.3 Å². The Morgan fingerprint density at radius 1 is 0.952 bits per heavy atom. The maximum absolute atomic E-state index is 10.3. The number of hydrogen-bond donors (Lipinski definition) is 1. The van der Waals surface area contributed by atoms with Gasteiger partial charge in [-0.1, -0.05) is 63.5 Å². The molecular weight excluding hydrogens is 256 g/mol. The highest BCUT2D eigenvalue weighted by Gasteiger charge is 2.15. The second kappa shape index (κ2) is 9.64. The summed E-state index contributed by atoms with van der Waals surface area (Å²) in [5, 5.41) is 10.3. The number of hydrogen-bond acceptors (Lipinski definition) is 1. The van der Waals surface area contributed by atoms with Crippen LogP contribution in [0.1, 0.15) is 76.8 Å². The summed E-state index contributed by atoms with van der Waals surface area (Å²) in [6, 6.07) is 8.42. The number of aliphatic hydroxyl groups is 1. The van der Waals surface area contributed by atoms with Gasteiger partial charge in [-0.2, -0.15) is 0 Å². The molecule has 0 saturated carbocycles. The summed E-state index contributed by atoms with van der Waals surface area (Å²) in [4.78, 5) is 0. The number of unbranched alkanes of at least 4 members (excludes halogenated alkanes) is 4. The van der Waals surface area contributed by atoms with Crippen LogP contribution in [-0.2, 0) is 6.42 Å². The topological polar surface area (TPSA) is 20.2 Å². The van der Waals surface area contributed by atoms with Crippen molar-refractivity contribution in [3.63, 3.8) is 0 Å². The fourth-order valence-corrected chi connectivity index (χ4v) is 2.30. The first-order valence-electron chi connectivity index (χ1n) is 8.42. The first-order chi connectivity index (χ1) is 10.1. The van der Waals surface area contributed by atoms with Crippen molar-refractivity contribution in [2.75, 3.05) is 0 Å². The van der Waals surface area contributed by atoms with E-state index >= 15 is 0 Å². The van der Waals surface area contributed by atoms with Crippen molar-refractivity contribution < 1.29 is 5.11 Å². The maximum atomic E-state index is 10.3. The van der Waals surface area contributed by atoms with Crippen molar-refractivity contribution >= 4 is 0 Å². The third-order valence-corrected chi connectivity index (χ3v) is 3.77. The van der Waals surface area contributed by atoms with E-state index in [1.807, 2.05) is 6.92 Å². The molecule has 0 aromatic heterocycles. The Balaban J connectivity index is 2.51. The Hall–Kier alpha value is -1.26. The summed E-state index contributed by atoms with van der Waals surface area (Å²) in [6.45, 7) is 6.23. The highest BCUT2D eigenvalue weighted by atomic mass is 16.3. The predicted octanol–water partition coefficient (Wildman–Crippen LogP) is 5.10. The van der Waals surface area contributed by atoms with Crippen LogP contribution in [0.15, 0.2) is 24.3 Å². The summed E-state index contributed by atoms with van der Waals surface area (Å²) >= 11 is 0. The number of rotatable bonds is 8. The molecular formula is C20H30O. The average molecular weight is 286 g/mol. The molecule has 0 fully saturated rings. The molecule has 1 unspecified atom stereocenters. The summed E-state index contributed by atoms with van der Waals surface area (Å²) in [6.07, 6.45) is 9.04. The third-order valence-electron chi connectivity index (χ3n) is 3.77. The van der Waals surface area contributed by atoms with Gasteiger partial charge in [0.1, 0.15) is 5.60 Å². The Bertz CT molecular complexity index is 445. The van der Waals surface area contributed by atoms with E-state index in [0.717, 1.165) is 24.8 Å². The molecule has 116 valence electrons. The lowest BCUT2D eigenvalue weighted by Crippen LogP contribution is -2.21. The molecule has 0 bridgehead atoms. The second-order valence-corrected chi connectivity index (χ2v) is 6.13. The third kappa shape index (κ3) is 7.93. The molecule has 0 radical (unpaired) electrons. The summed E-state index contributed by atoms with van der Waals surface area (Å²) in [7, 11) is 0. The fourth-order valence-electron chi connectivity index (χ4n) is 2.30.